The molecule has 2 nitrogen and oxygen atoms in total. The second kappa shape index (κ2) is 13.2. The fraction of sp³-hybridized carbons (Fsp3) is 0.947. The van der Waals surface area contributed by atoms with Gasteiger partial charge in [0.1, 0.15) is 0 Å². The highest BCUT2D eigenvalue weighted by Crippen LogP contribution is 2.43. The summed E-state index contributed by atoms with van der Waals surface area (Å²) in [5, 5.41) is 0. The minimum absolute atomic E-state index is 0.0977. The maximum Gasteiger partial charge on any atom is 0.298 e. The van der Waals surface area contributed by atoms with Gasteiger partial charge in [-0.2, -0.15) is 0 Å². The summed E-state index contributed by atoms with van der Waals surface area (Å²) in [6, 6.07) is 0. The fourth-order valence-corrected chi connectivity index (χ4v) is 4.25. The van der Waals surface area contributed by atoms with Gasteiger partial charge < -0.3 is 4.43 Å². The van der Waals surface area contributed by atoms with Gasteiger partial charge in [0.2, 0.25) is 10.5 Å². The first-order valence-electron chi connectivity index (χ1n) is 9.71. The molecule has 0 saturated carbocycles. The van der Waals surface area contributed by atoms with Gasteiger partial charge >= 0.3 is 0 Å². The summed E-state index contributed by atoms with van der Waals surface area (Å²) in [5.41, 5.74) is -0.212. The summed E-state index contributed by atoms with van der Waals surface area (Å²) in [6.45, 7) is 8.93. The van der Waals surface area contributed by atoms with Gasteiger partial charge in [-0.3, -0.25) is 4.79 Å². The zero-order chi connectivity index (χ0) is 16.8. The van der Waals surface area contributed by atoms with Crippen molar-refractivity contribution in [3.05, 3.63) is 0 Å². The van der Waals surface area contributed by atoms with Crippen LogP contribution in [0.5, 0.6) is 0 Å². The van der Waals surface area contributed by atoms with E-state index in [0.717, 1.165) is 19.3 Å². The van der Waals surface area contributed by atoms with Crippen molar-refractivity contribution < 1.29 is 9.22 Å². The third-order valence-electron chi connectivity index (χ3n) is 5.38. The van der Waals surface area contributed by atoms with Crippen LogP contribution >= 0.6 is 0 Å². The molecule has 0 saturated heterocycles. The van der Waals surface area contributed by atoms with E-state index < -0.39 is 0 Å². The summed E-state index contributed by atoms with van der Waals surface area (Å²) in [7, 11) is 0.523. The third-order valence-corrected chi connectivity index (χ3v) is 5.75. The predicted molar refractivity (Wildman–Crippen MR) is 100 cm³/mol. The van der Waals surface area contributed by atoms with Gasteiger partial charge in [-0.1, -0.05) is 85.5 Å². The summed E-state index contributed by atoms with van der Waals surface area (Å²) in [6.07, 6.45) is 14.4. The maximum atomic E-state index is 12.6. The van der Waals surface area contributed by atoms with Crippen LogP contribution in [0, 0.1) is 11.3 Å². The molecule has 2 unspecified atom stereocenters. The monoisotopic (exact) mass is 328 g/mol. The van der Waals surface area contributed by atoms with E-state index in [1.807, 2.05) is 0 Å². The second-order valence-electron chi connectivity index (χ2n) is 6.77. The van der Waals surface area contributed by atoms with Crippen molar-refractivity contribution in [1.29, 1.82) is 0 Å². The predicted octanol–water partition coefficient (Wildman–Crippen LogP) is 5.17. The Balaban J connectivity index is 4.85. The Labute approximate surface area is 142 Å². The molecule has 0 aromatic heterocycles. The van der Waals surface area contributed by atoms with E-state index in [9.17, 15) is 4.79 Å². The Kier molecular flexibility index (Phi) is 13.0. The number of hydrogen-bond donors (Lipinski definition) is 0. The number of unbranched alkanes of at least 4 members (excludes halogenated alkanes) is 6. The van der Waals surface area contributed by atoms with Gasteiger partial charge in [0.25, 0.3) is 5.97 Å². The molecule has 0 aliphatic rings. The maximum absolute atomic E-state index is 12.6. The molecule has 0 spiro atoms. The van der Waals surface area contributed by atoms with Crippen LogP contribution in [0.3, 0.4) is 0 Å². The molecule has 0 bridgehead atoms. The van der Waals surface area contributed by atoms with Crippen molar-refractivity contribution in [1.82, 2.24) is 0 Å². The lowest BCUT2D eigenvalue weighted by Gasteiger charge is -2.38. The molecule has 0 N–H and O–H groups in total. The van der Waals surface area contributed by atoms with Crippen molar-refractivity contribution in [2.24, 2.45) is 11.3 Å². The minimum atomic E-state index is -0.212. The summed E-state index contributed by atoms with van der Waals surface area (Å²) in [5.74, 6) is 0.595. The molecule has 0 heterocycles. The fourth-order valence-electron chi connectivity index (χ4n) is 3.84. The van der Waals surface area contributed by atoms with E-state index in [4.69, 9.17) is 4.43 Å². The first-order valence-corrected chi connectivity index (χ1v) is 10.5. The van der Waals surface area contributed by atoms with Gasteiger partial charge in [-0.05, 0) is 25.2 Å². The lowest BCUT2D eigenvalue weighted by molar-refractivity contribution is -0.151. The van der Waals surface area contributed by atoms with Gasteiger partial charge in [-0.15, -0.1) is 0 Å². The van der Waals surface area contributed by atoms with Crippen LogP contribution in [0.4, 0.5) is 0 Å². The van der Waals surface area contributed by atoms with Gasteiger partial charge in [0.05, 0.1) is 5.41 Å². The normalized spacial score (nSPS) is 15.5. The number of hydrogen-bond acceptors (Lipinski definition) is 2. The number of carbonyl (C=O) groups is 1. The van der Waals surface area contributed by atoms with Crippen LogP contribution in [0.2, 0.25) is 0 Å². The molecular formula is C19H40O2Si. The second-order valence-corrected chi connectivity index (χ2v) is 7.17. The van der Waals surface area contributed by atoms with Crippen molar-refractivity contribution in [2.75, 3.05) is 0 Å². The van der Waals surface area contributed by atoms with Crippen molar-refractivity contribution in [2.45, 2.75) is 105 Å². The number of rotatable bonds is 14. The van der Waals surface area contributed by atoms with E-state index >= 15 is 0 Å². The Morgan fingerprint density at radius 3 is 2.00 bits per heavy atom. The third kappa shape index (κ3) is 6.85. The molecule has 0 aromatic rings. The summed E-state index contributed by atoms with van der Waals surface area (Å²) >= 11 is 0. The number of carbonyl (C=O) groups excluding carboxylic acids is 1. The highest BCUT2D eigenvalue weighted by molar-refractivity contribution is 6.06. The molecule has 0 radical (unpaired) electrons. The van der Waals surface area contributed by atoms with Crippen LogP contribution in [0.15, 0.2) is 0 Å². The van der Waals surface area contributed by atoms with Gasteiger partial charge in [-0.25, -0.2) is 0 Å². The minimum Gasteiger partial charge on any atom is -0.528 e. The van der Waals surface area contributed by atoms with Gasteiger partial charge in [0, 0.05) is 0 Å². The molecule has 0 aliphatic heterocycles. The van der Waals surface area contributed by atoms with Crippen molar-refractivity contribution in [3.8, 4) is 0 Å². The molecular weight excluding hydrogens is 288 g/mol. The lowest BCUT2D eigenvalue weighted by atomic mass is 9.67. The Morgan fingerprint density at radius 1 is 0.955 bits per heavy atom. The average Bonchev–Trinajstić information content (AvgIpc) is 2.55. The Morgan fingerprint density at radius 2 is 1.55 bits per heavy atom. The largest absolute Gasteiger partial charge is 0.528 e. The van der Waals surface area contributed by atoms with Crippen LogP contribution < -0.4 is 0 Å². The molecule has 22 heavy (non-hydrogen) atoms. The SMILES string of the molecule is CCCCCCC(CC)C(CC)(CCCCCC)C(=O)O[SiH3]. The van der Waals surface area contributed by atoms with Crippen LogP contribution in [0.1, 0.15) is 105 Å². The Hall–Kier alpha value is -0.313. The smallest absolute Gasteiger partial charge is 0.298 e. The summed E-state index contributed by atoms with van der Waals surface area (Å²) < 4.78 is 5.37. The highest BCUT2D eigenvalue weighted by atomic mass is 28.2. The molecule has 0 aromatic carbocycles. The standard InChI is InChI=1S/C19H40O2Si/c1-5-9-11-13-15-17(7-3)19(8-4,18(20)21-22)16-14-12-10-6-2/h17H,5-16H2,1-4,22H3. The zero-order valence-electron chi connectivity index (χ0n) is 15.9. The average molecular weight is 329 g/mol. The molecule has 0 fully saturated rings. The topological polar surface area (TPSA) is 26.3 Å². The highest BCUT2D eigenvalue weighted by Gasteiger charge is 2.42. The molecule has 2 atom stereocenters. The van der Waals surface area contributed by atoms with E-state index in [0.29, 0.717) is 16.4 Å². The first kappa shape index (κ1) is 21.7. The lowest BCUT2D eigenvalue weighted by Crippen LogP contribution is -2.39. The van der Waals surface area contributed by atoms with E-state index in [-0.39, 0.29) is 11.4 Å². The van der Waals surface area contributed by atoms with E-state index in [2.05, 4.69) is 27.7 Å². The molecule has 0 rings (SSSR count). The zero-order valence-corrected chi connectivity index (χ0v) is 17.9. The van der Waals surface area contributed by atoms with Crippen molar-refractivity contribution >= 4 is 16.5 Å². The molecule has 0 amide bonds. The van der Waals surface area contributed by atoms with Crippen LogP contribution in [0.25, 0.3) is 0 Å². The van der Waals surface area contributed by atoms with Gasteiger partial charge in [0.15, 0.2) is 0 Å². The Bertz CT molecular complexity index is 281. The van der Waals surface area contributed by atoms with E-state index in [1.165, 1.54) is 57.8 Å². The van der Waals surface area contributed by atoms with E-state index in [1.54, 1.807) is 0 Å². The van der Waals surface area contributed by atoms with Crippen LogP contribution in [-0.2, 0) is 9.22 Å². The quantitative estimate of drug-likeness (QED) is 0.325. The molecule has 3 heteroatoms. The molecule has 0 aliphatic carbocycles. The van der Waals surface area contributed by atoms with Crippen LogP contribution in [-0.4, -0.2) is 16.5 Å². The van der Waals surface area contributed by atoms with Crippen molar-refractivity contribution in [3.63, 3.8) is 0 Å². The summed E-state index contributed by atoms with van der Waals surface area (Å²) in [4.78, 5) is 12.6. The first-order chi connectivity index (χ1) is 10.6. The molecule has 132 valence electrons.